The second kappa shape index (κ2) is 5.42. The van der Waals surface area contributed by atoms with Crippen LogP contribution in [0.3, 0.4) is 0 Å². The molecule has 1 heterocycles. The summed E-state index contributed by atoms with van der Waals surface area (Å²) in [4.78, 5) is 2.28. The second-order valence-electron chi connectivity index (χ2n) is 4.99. The Bertz CT molecular complexity index is 374. The van der Waals surface area contributed by atoms with Crippen LogP contribution in [-0.4, -0.2) is 41.1 Å². The lowest BCUT2D eigenvalue weighted by atomic mass is 9.98. The molecule has 1 aromatic rings. The monoisotopic (exact) mass is 251 g/mol. The van der Waals surface area contributed by atoms with Crippen molar-refractivity contribution >= 4 is 11.8 Å². The van der Waals surface area contributed by atoms with Crippen LogP contribution in [0.1, 0.15) is 22.8 Å². The minimum atomic E-state index is -0.369. The molecule has 1 N–H and O–H groups in total. The Morgan fingerprint density at radius 3 is 2.53 bits per heavy atom. The van der Waals surface area contributed by atoms with Crippen LogP contribution in [-0.2, 0) is 0 Å². The molecule has 0 aromatic heterocycles. The first-order valence-electron chi connectivity index (χ1n) is 6.12. The summed E-state index contributed by atoms with van der Waals surface area (Å²) in [6.07, 6.45) is -0.369. The third-order valence-corrected chi connectivity index (χ3v) is 4.44. The Labute approximate surface area is 108 Å². The zero-order valence-electron chi connectivity index (χ0n) is 10.8. The minimum Gasteiger partial charge on any atom is -0.387 e. The smallest absolute Gasteiger partial charge is 0.0953 e. The van der Waals surface area contributed by atoms with E-state index in [1.54, 1.807) is 0 Å². The molecule has 0 amide bonds. The van der Waals surface area contributed by atoms with Gasteiger partial charge in [0.1, 0.15) is 0 Å². The molecule has 2 atom stereocenters. The van der Waals surface area contributed by atoms with Gasteiger partial charge >= 0.3 is 0 Å². The number of hydrogen-bond donors (Lipinski definition) is 1. The van der Waals surface area contributed by atoms with Crippen molar-refractivity contribution in [1.29, 1.82) is 0 Å². The van der Waals surface area contributed by atoms with Gasteiger partial charge in [-0.3, -0.25) is 4.90 Å². The Balaban J connectivity index is 2.20. The van der Waals surface area contributed by atoms with E-state index >= 15 is 0 Å². The maximum absolute atomic E-state index is 10.5. The molecule has 3 heteroatoms. The van der Waals surface area contributed by atoms with Gasteiger partial charge in [0.25, 0.3) is 0 Å². The SMILES string of the molecule is Cc1cc(C)cc(C(O)C2CSCCN2C)c1. The van der Waals surface area contributed by atoms with Crippen LogP contribution in [0.5, 0.6) is 0 Å². The average molecular weight is 251 g/mol. The van der Waals surface area contributed by atoms with Gasteiger partial charge in [-0.05, 0) is 26.5 Å². The summed E-state index contributed by atoms with van der Waals surface area (Å²) < 4.78 is 0. The van der Waals surface area contributed by atoms with Crippen LogP contribution in [0.25, 0.3) is 0 Å². The van der Waals surface area contributed by atoms with Gasteiger partial charge in [-0.1, -0.05) is 29.3 Å². The lowest BCUT2D eigenvalue weighted by Crippen LogP contribution is -2.43. The zero-order valence-corrected chi connectivity index (χ0v) is 11.6. The number of rotatable bonds is 2. The number of aryl methyl sites for hydroxylation is 2. The van der Waals surface area contributed by atoms with E-state index in [-0.39, 0.29) is 12.1 Å². The predicted octanol–water partition coefficient (Wildman–Crippen LogP) is 2.38. The number of thioether (sulfide) groups is 1. The van der Waals surface area contributed by atoms with Crippen molar-refractivity contribution in [3.05, 3.63) is 34.9 Å². The normalized spacial score (nSPS) is 23.6. The maximum atomic E-state index is 10.5. The van der Waals surface area contributed by atoms with Crippen LogP contribution in [0.2, 0.25) is 0 Å². The molecule has 0 bridgehead atoms. The summed E-state index contributed by atoms with van der Waals surface area (Å²) in [5.74, 6) is 2.19. The highest BCUT2D eigenvalue weighted by Crippen LogP contribution is 2.27. The van der Waals surface area contributed by atoms with Gasteiger partial charge in [0.05, 0.1) is 6.10 Å². The molecule has 94 valence electrons. The molecule has 2 rings (SSSR count). The molecule has 1 fully saturated rings. The maximum Gasteiger partial charge on any atom is 0.0953 e. The minimum absolute atomic E-state index is 0.245. The van der Waals surface area contributed by atoms with Gasteiger partial charge in [-0.2, -0.15) is 11.8 Å². The lowest BCUT2D eigenvalue weighted by Gasteiger charge is -2.35. The van der Waals surface area contributed by atoms with Crippen molar-refractivity contribution in [2.75, 3.05) is 25.1 Å². The number of aliphatic hydroxyl groups is 1. The van der Waals surface area contributed by atoms with Gasteiger partial charge in [0.15, 0.2) is 0 Å². The molecular weight excluding hydrogens is 230 g/mol. The molecule has 0 spiro atoms. The van der Waals surface area contributed by atoms with Crippen molar-refractivity contribution in [2.24, 2.45) is 0 Å². The molecule has 1 aromatic carbocycles. The summed E-state index contributed by atoms with van der Waals surface area (Å²) in [5, 5.41) is 10.5. The number of aliphatic hydroxyl groups excluding tert-OH is 1. The first-order chi connectivity index (χ1) is 8.08. The molecule has 0 radical (unpaired) electrons. The molecule has 1 aliphatic rings. The van der Waals surface area contributed by atoms with Crippen LogP contribution in [0, 0.1) is 13.8 Å². The third kappa shape index (κ3) is 3.03. The van der Waals surface area contributed by atoms with E-state index in [1.807, 2.05) is 11.8 Å². The Hall–Kier alpha value is -0.510. The molecular formula is C14H21NOS. The van der Waals surface area contributed by atoms with Gasteiger partial charge in [0.2, 0.25) is 0 Å². The number of hydrogen-bond acceptors (Lipinski definition) is 3. The molecule has 1 saturated heterocycles. The molecule has 1 aliphatic heterocycles. The first kappa shape index (κ1) is 12.9. The van der Waals surface area contributed by atoms with Crippen LogP contribution < -0.4 is 0 Å². The summed E-state index contributed by atoms with van der Waals surface area (Å²) in [6.45, 7) is 5.24. The van der Waals surface area contributed by atoms with Gasteiger partial charge in [-0.25, -0.2) is 0 Å². The van der Waals surface area contributed by atoms with Gasteiger partial charge in [-0.15, -0.1) is 0 Å². The fraction of sp³-hybridized carbons (Fsp3) is 0.571. The van der Waals surface area contributed by atoms with Gasteiger partial charge in [0, 0.05) is 24.1 Å². The molecule has 2 nitrogen and oxygen atoms in total. The van der Waals surface area contributed by atoms with Crippen molar-refractivity contribution in [2.45, 2.75) is 26.0 Å². The van der Waals surface area contributed by atoms with E-state index in [4.69, 9.17) is 0 Å². The Morgan fingerprint density at radius 2 is 1.94 bits per heavy atom. The van der Waals surface area contributed by atoms with E-state index in [1.165, 1.54) is 16.9 Å². The highest BCUT2D eigenvalue weighted by Gasteiger charge is 2.27. The van der Waals surface area contributed by atoms with E-state index < -0.39 is 0 Å². The van der Waals surface area contributed by atoms with Crippen molar-refractivity contribution in [1.82, 2.24) is 4.90 Å². The van der Waals surface area contributed by atoms with Crippen LogP contribution in [0.15, 0.2) is 18.2 Å². The number of benzene rings is 1. The summed E-state index contributed by atoms with van der Waals surface area (Å²) in [5.41, 5.74) is 3.51. The van der Waals surface area contributed by atoms with Crippen molar-refractivity contribution in [3.63, 3.8) is 0 Å². The van der Waals surface area contributed by atoms with Crippen LogP contribution in [0.4, 0.5) is 0 Å². The van der Waals surface area contributed by atoms with Crippen molar-refractivity contribution < 1.29 is 5.11 Å². The van der Waals surface area contributed by atoms with Gasteiger partial charge < -0.3 is 5.11 Å². The third-order valence-electron chi connectivity index (χ3n) is 3.39. The fourth-order valence-electron chi connectivity index (χ4n) is 2.44. The fourth-order valence-corrected chi connectivity index (χ4v) is 3.70. The molecule has 0 saturated carbocycles. The van der Waals surface area contributed by atoms with E-state index in [0.29, 0.717) is 0 Å². The molecule has 0 aliphatic carbocycles. The summed E-state index contributed by atoms with van der Waals surface area (Å²) in [7, 11) is 2.11. The predicted molar refractivity (Wildman–Crippen MR) is 74.6 cm³/mol. The highest BCUT2D eigenvalue weighted by atomic mass is 32.2. The topological polar surface area (TPSA) is 23.5 Å². The average Bonchev–Trinajstić information content (AvgIpc) is 2.27. The number of nitrogens with zero attached hydrogens (tertiary/aromatic N) is 1. The summed E-state index contributed by atoms with van der Waals surface area (Å²) in [6, 6.07) is 6.60. The Kier molecular flexibility index (Phi) is 4.13. The second-order valence-corrected chi connectivity index (χ2v) is 6.14. The van der Waals surface area contributed by atoms with E-state index in [0.717, 1.165) is 17.9 Å². The number of likely N-dealkylation sites (N-methyl/N-ethyl adjacent to an activating group) is 1. The summed E-state index contributed by atoms with van der Waals surface area (Å²) >= 11 is 1.94. The first-order valence-corrected chi connectivity index (χ1v) is 7.27. The molecule has 2 unspecified atom stereocenters. The van der Waals surface area contributed by atoms with Crippen molar-refractivity contribution in [3.8, 4) is 0 Å². The van der Waals surface area contributed by atoms with E-state index in [2.05, 4.69) is 44.0 Å². The van der Waals surface area contributed by atoms with Crippen LogP contribution >= 0.6 is 11.8 Å². The van der Waals surface area contributed by atoms with E-state index in [9.17, 15) is 5.11 Å². The standard InChI is InChI=1S/C14H21NOS/c1-10-6-11(2)8-12(7-10)14(16)13-9-17-5-4-15(13)3/h6-8,13-14,16H,4-5,9H2,1-3H3. The molecule has 17 heavy (non-hydrogen) atoms. The lowest BCUT2D eigenvalue weighted by molar-refractivity contribution is 0.0758. The Morgan fingerprint density at radius 1 is 1.29 bits per heavy atom. The quantitative estimate of drug-likeness (QED) is 0.873. The highest BCUT2D eigenvalue weighted by molar-refractivity contribution is 7.99. The largest absolute Gasteiger partial charge is 0.387 e. The zero-order chi connectivity index (χ0) is 12.4.